The number of hydrogen-bond donors (Lipinski definition) is 1. The fraction of sp³-hybridized carbons (Fsp3) is 0.533. The Hall–Kier alpha value is -1.27. The number of hydrogen-bond acceptors (Lipinski definition) is 3. The predicted molar refractivity (Wildman–Crippen MR) is 88.8 cm³/mol. The third-order valence-electron chi connectivity index (χ3n) is 3.89. The average Bonchev–Trinajstić information content (AvgIpc) is 2.47. The smallest absolute Gasteiger partial charge is 0.253 e. The molecule has 0 saturated carbocycles. The van der Waals surface area contributed by atoms with Gasteiger partial charge in [0, 0.05) is 18.7 Å². The van der Waals surface area contributed by atoms with Crippen molar-refractivity contribution in [3.8, 4) is 0 Å². The van der Waals surface area contributed by atoms with Crippen molar-refractivity contribution in [3.63, 3.8) is 0 Å². The van der Waals surface area contributed by atoms with E-state index in [1.54, 1.807) is 12.1 Å². The Morgan fingerprint density at radius 3 is 2.82 bits per heavy atom. The van der Waals surface area contributed by atoms with Crippen molar-refractivity contribution in [1.82, 2.24) is 4.90 Å². The van der Waals surface area contributed by atoms with E-state index in [1.807, 2.05) is 4.90 Å². The van der Waals surface area contributed by atoms with Gasteiger partial charge < -0.3 is 4.90 Å². The van der Waals surface area contributed by atoms with Gasteiger partial charge in [-0.15, -0.1) is 0 Å². The highest BCUT2D eigenvalue weighted by Gasteiger charge is 2.24. The molecule has 0 unspecified atom stereocenters. The van der Waals surface area contributed by atoms with Gasteiger partial charge in [-0.2, -0.15) is 0 Å². The normalized spacial score (nSPS) is 19.0. The molecule has 7 heteroatoms. The number of sulfonamides is 1. The molecule has 1 atom stereocenters. The summed E-state index contributed by atoms with van der Waals surface area (Å²) in [7, 11) is -3.44. The summed E-state index contributed by atoms with van der Waals surface area (Å²) >= 11 is 5.99. The van der Waals surface area contributed by atoms with E-state index in [4.69, 9.17) is 11.6 Å². The topological polar surface area (TPSA) is 66.5 Å². The summed E-state index contributed by atoms with van der Waals surface area (Å²) in [6.45, 7) is 3.63. The number of anilines is 1. The highest BCUT2D eigenvalue weighted by atomic mass is 35.5. The first-order valence-electron chi connectivity index (χ1n) is 7.36. The lowest BCUT2D eigenvalue weighted by Crippen LogP contribution is -2.39. The quantitative estimate of drug-likeness (QED) is 0.913. The van der Waals surface area contributed by atoms with Crippen LogP contribution in [0.5, 0.6) is 0 Å². The molecule has 1 aliphatic rings. The molecule has 0 aromatic heterocycles. The van der Waals surface area contributed by atoms with Crippen LogP contribution in [0.4, 0.5) is 5.69 Å². The zero-order valence-electron chi connectivity index (χ0n) is 12.8. The Morgan fingerprint density at radius 2 is 2.18 bits per heavy atom. The first-order chi connectivity index (χ1) is 10.3. The molecular formula is C15H21ClN2O3S. The number of likely N-dealkylation sites (tertiary alicyclic amines) is 1. The minimum absolute atomic E-state index is 0.0774. The number of piperidine rings is 1. The predicted octanol–water partition coefficient (Wildman–Crippen LogP) is 2.97. The van der Waals surface area contributed by atoms with E-state index in [1.165, 1.54) is 6.07 Å². The van der Waals surface area contributed by atoms with E-state index in [-0.39, 0.29) is 16.6 Å². The van der Waals surface area contributed by atoms with Crippen molar-refractivity contribution in [3.05, 3.63) is 28.8 Å². The molecule has 1 aliphatic heterocycles. The third kappa shape index (κ3) is 4.36. The molecule has 0 spiro atoms. The Labute approximate surface area is 136 Å². The van der Waals surface area contributed by atoms with Crippen LogP contribution in [0.25, 0.3) is 0 Å². The van der Waals surface area contributed by atoms with Crippen LogP contribution in [-0.2, 0) is 10.0 Å². The second-order valence-electron chi connectivity index (χ2n) is 5.74. The highest BCUT2D eigenvalue weighted by Crippen LogP contribution is 2.26. The van der Waals surface area contributed by atoms with E-state index in [0.717, 1.165) is 38.6 Å². The second-order valence-corrected chi connectivity index (χ2v) is 7.89. The maximum atomic E-state index is 12.6. The van der Waals surface area contributed by atoms with Crippen LogP contribution in [0.2, 0.25) is 5.02 Å². The van der Waals surface area contributed by atoms with Gasteiger partial charge >= 0.3 is 0 Å². The van der Waals surface area contributed by atoms with Crippen LogP contribution >= 0.6 is 11.6 Å². The average molecular weight is 345 g/mol. The van der Waals surface area contributed by atoms with Crippen LogP contribution < -0.4 is 4.72 Å². The summed E-state index contributed by atoms with van der Waals surface area (Å²) < 4.78 is 25.0. The van der Waals surface area contributed by atoms with Gasteiger partial charge in [0.1, 0.15) is 0 Å². The van der Waals surface area contributed by atoms with Crippen LogP contribution in [0.3, 0.4) is 0 Å². The number of nitrogens with zero attached hydrogens (tertiary/aromatic N) is 1. The van der Waals surface area contributed by atoms with Crippen molar-refractivity contribution in [2.24, 2.45) is 5.92 Å². The molecule has 1 heterocycles. The maximum Gasteiger partial charge on any atom is 0.253 e. The third-order valence-corrected chi connectivity index (χ3v) is 4.81. The Morgan fingerprint density at radius 1 is 1.45 bits per heavy atom. The van der Waals surface area contributed by atoms with Crippen molar-refractivity contribution in [2.75, 3.05) is 24.1 Å². The van der Waals surface area contributed by atoms with E-state index >= 15 is 0 Å². The minimum Gasteiger partial charge on any atom is -0.338 e. The monoisotopic (exact) mass is 344 g/mol. The number of rotatable bonds is 4. The number of benzene rings is 1. The number of carbonyl (C=O) groups excluding carboxylic acids is 1. The largest absolute Gasteiger partial charge is 0.338 e. The molecule has 0 radical (unpaired) electrons. The van der Waals surface area contributed by atoms with E-state index in [0.29, 0.717) is 11.5 Å². The van der Waals surface area contributed by atoms with Gasteiger partial charge in [-0.1, -0.05) is 24.9 Å². The van der Waals surface area contributed by atoms with Gasteiger partial charge in [-0.05, 0) is 37.0 Å². The molecule has 5 nitrogen and oxygen atoms in total. The van der Waals surface area contributed by atoms with Crippen LogP contribution in [0, 0.1) is 5.92 Å². The van der Waals surface area contributed by atoms with Crippen molar-refractivity contribution in [1.29, 1.82) is 0 Å². The van der Waals surface area contributed by atoms with Crippen molar-refractivity contribution >= 4 is 33.2 Å². The van der Waals surface area contributed by atoms with Gasteiger partial charge in [-0.3, -0.25) is 9.52 Å². The summed E-state index contributed by atoms with van der Waals surface area (Å²) in [5, 5.41) is 0.270. The molecule has 1 fully saturated rings. The van der Waals surface area contributed by atoms with Crippen molar-refractivity contribution < 1.29 is 13.2 Å². The SMILES string of the molecule is CC[C@@H]1CCCN(C(=O)c2ccc(Cl)c(NS(C)(=O)=O)c2)C1. The lowest BCUT2D eigenvalue weighted by Gasteiger charge is -2.32. The fourth-order valence-corrected chi connectivity index (χ4v) is 3.49. The standard InChI is InChI=1S/C15H21ClN2O3S/c1-3-11-5-4-8-18(10-11)15(19)12-6-7-13(16)14(9-12)17-22(2,20)21/h6-7,9,11,17H,3-5,8,10H2,1-2H3/t11-/m1/s1. The second kappa shape index (κ2) is 6.87. The molecule has 1 amide bonds. The summed E-state index contributed by atoms with van der Waals surface area (Å²) in [5.74, 6) is 0.463. The van der Waals surface area contributed by atoms with Gasteiger partial charge in [0.05, 0.1) is 17.0 Å². The van der Waals surface area contributed by atoms with Gasteiger partial charge in [-0.25, -0.2) is 8.42 Å². The first kappa shape index (κ1) is 17.1. The van der Waals surface area contributed by atoms with Crippen LogP contribution in [0.1, 0.15) is 36.5 Å². The zero-order chi connectivity index (χ0) is 16.3. The fourth-order valence-electron chi connectivity index (χ4n) is 2.70. The van der Waals surface area contributed by atoms with E-state index in [2.05, 4.69) is 11.6 Å². The molecule has 0 bridgehead atoms. The first-order valence-corrected chi connectivity index (χ1v) is 9.63. The van der Waals surface area contributed by atoms with Gasteiger partial charge in [0.15, 0.2) is 0 Å². The Bertz CT molecular complexity index is 661. The van der Waals surface area contributed by atoms with E-state index < -0.39 is 10.0 Å². The highest BCUT2D eigenvalue weighted by molar-refractivity contribution is 7.92. The molecular weight excluding hydrogens is 324 g/mol. The number of carbonyl (C=O) groups is 1. The Kier molecular flexibility index (Phi) is 5.34. The summed E-state index contributed by atoms with van der Waals surface area (Å²) in [6.07, 6.45) is 4.27. The molecule has 1 aromatic rings. The molecule has 1 saturated heterocycles. The summed E-state index contributed by atoms with van der Waals surface area (Å²) in [4.78, 5) is 14.4. The number of nitrogens with one attached hydrogen (secondary N) is 1. The summed E-state index contributed by atoms with van der Waals surface area (Å²) in [5.41, 5.74) is 0.686. The number of halogens is 1. The van der Waals surface area contributed by atoms with E-state index in [9.17, 15) is 13.2 Å². The number of amides is 1. The summed E-state index contributed by atoms with van der Waals surface area (Å²) in [6, 6.07) is 4.68. The molecule has 0 aliphatic carbocycles. The molecule has 1 N–H and O–H groups in total. The van der Waals surface area contributed by atoms with Crippen molar-refractivity contribution in [2.45, 2.75) is 26.2 Å². The molecule has 122 valence electrons. The lowest BCUT2D eigenvalue weighted by molar-refractivity contribution is 0.0671. The Balaban J connectivity index is 2.21. The minimum atomic E-state index is -3.44. The lowest BCUT2D eigenvalue weighted by atomic mass is 9.95. The van der Waals surface area contributed by atoms with Crippen LogP contribution in [0.15, 0.2) is 18.2 Å². The molecule has 2 rings (SSSR count). The van der Waals surface area contributed by atoms with Crippen LogP contribution in [-0.4, -0.2) is 38.6 Å². The van der Waals surface area contributed by atoms with Gasteiger partial charge in [0.25, 0.3) is 5.91 Å². The zero-order valence-corrected chi connectivity index (χ0v) is 14.4. The van der Waals surface area contributed by atoms with Gasteiger partial charge in [0.2, 0.25) is 10.0 Å². The molecule has 1 aromatic carbocycles. The molecule has 22 heavy (non-hydrogen) atoms. The maximum absolute atomic E-state index is 12.6.